The Morgan fingerprint density at radius 2 is 2.00 bits per heavy atom. The largest absolute Gasteiger partial charge is 0.495 e. The van der Waals surface area contributed by atoms with E-state index in [2.05, 4.69) is 43.5 Å². The summed E-state index contributed by atoms with van der Waals surface area (Å²) in [5.74, 6) is 0.204. The number of thiazole rings is 1. The summed E-state index contributed by atoms with van der Waals surface area (Å²) in [5.41, 5.74) is 2.39. The standard InChI is InChI=1S/C24H20BrIN2O4S/c1-4-17-19(23(30)32-3)20(13-8-6-5-7-9-13)28-22(29)18(33-24(28)27-17)11-14-10-15(25)12-16(26)21(14)31-2/h5-12,20H,4H2,1-3H3/b18-11+/t20-/m1/s1. The molecule has 0 unspecified atom stereocenters. The third-order valence-electron chi connectivity index (χ3n) is 5.29. The zero-order valence-corrected chi connectivity index (χ0v) is 22.7. The van der Waals surface area contributed by atoms with Crippen molar-refractivity contribution < 1.29 is 14.3 Å². The van der Waals surface area contributed by atoms with Gasteiger partial charge in [-0.2, -0.15) is 0 Å². The van der Waals surface area contributed by atoms with Crippen LogP contribution in [0.3, 0.4) is 0 Å². The molecule has 0 N–H and O–H groups in total. The Bertz CT molecular complexity index is 1440. The van der Waals surface area contributed by atoms with Crippen LogP contribution in [0.1, 0.15) is 30.5 Å². The first kappa shape index (κ1) is 23.9. The molecule has 0 saturated carbocycles. The lowest BCUT2D eigenvalue weighted by atomic mass is 9.95. The van der Waals surface area contributed by atoms with Crippen molar-refractivity contribution in [2.45, 2.75) is 19.4 Å². The van der Waals surface area contributed by atoms with Crippen molar-refractivity contribution in [3.8, 4) is 5.75 Å². The van der Waals surface area contributed by atoms with Crippen molar-refractivity contribution in [2.75, 3.05) is 14.2 Å². The predicted molar refractivity (Wildman–Crippen MR) is 140 cm³/mol. The van der Waals surface area contributed by atoms with Gasteiger partial charge < -0.3 is 9.47 Å². The van der Waals surface area contributed by atoms with E-state index in [1.807, 2.05) is 55.5 Å². The quantitative estimate of drug-likeness (QED) is 0.311. The molecule has 0 aliphatic carbocycles. The van der Waals surface area contributed by atoms with Gasteiger partial charge in [0.2, 0.25) is 0 Å². The van der Waals surface area contributed by atoms with Gasteiger partial charge in [-0.05, 0) is 52.8 Å². The lowest BCUT2D eigenvalue weighted by Crippen LogP contribution is -2.40. The normalized spacial score (nSPS) is 15.8. The zero-order chi connectivity index (χ0) is 23.7. The van der Waals surface area contributed by atoms with Gasteiger partial charge in [-0.1, -0.05) is 64.5 Å². The highest BCUT2D eigenvalue weighted by molar-refractivity contribution is 14.1. The fourth-order valence-electron chi connectivity index (χ4n) is 3.86. The Kier molecular flexibility index (Phi) is 7.20. The average Bonchev–Trinajstić information content (AvgIpc) is 3.12. The van der Waals surface area contributed by atoms with Crippen LogP contribution in [0.4, 0.5) is 0 Å². The molecule has 4 rings (SSSR count). The number of methoxy groups -OCH3 is 2. The number of allylic oxidation sites excluding steroid dienone is 1. The van der Waals surface area contributed by atoms with Gasteiger partial charge in [0, 0.05) is 10.0 Å². The van der Waals surface area contributed by atoms with E-state index >= 15 is 0 Å². The second-order valence-electron chi connectivity index (χ2n) is 7.21. The SMILES string of the molecule is CCC1=C(C(=O)OC)[C@@H](c2ccccc2)n2c(s/c(=C/c3cc(Br)cc(I)c3OC)c2=O)=N1. The molecule has 0 radical (unpaired) electrons. The van der Waals surface area contributed by atoms with E-state index in [1.165, 1.54) is 18.4 Å². The van der Waals surface area contributed by atoms with Crippen LogP contribution in [-0.4, -0.2) is 24.8 Å². The lowest BCUT2D eigenvalue weighted by molar-refractivity contribution is -0.136. The minimum Gasteiger partial charge on any atom is -0.495 e. The van der Waals surface area contributed by atoms with Crippen molar-refractivity contribution in [1.82, 2.24) is 4.57 Å². The summed E-state index contributed by atoms with van der Waals surface area (Å²) in [6.07, 6.45) is 2.35. The van der Waals surface area contributed by atoms with Crippen LogP contribution in [0.5, 0.6) is 5.75 Å². The van der Waals surface area contributed by atoms with Gasteiger partial charge in [0.1, 0.15) is 5.75 Å². The highest BCUT2D eigenvalue weighted by Gasteiger charge is 2.33. The van der Waals surface area contributed by atoms with Crippen LogP contribution in [0.25, 0.3) is 6.08 Å². The second-order valence-corrected chi connectivity index (χ2v) is 10.3. The summed E-state index contributed by atoms with van der Waals surface area (Å²) in [4.78, 5) is 31.7. The maximum absolute atomic E-state index is 13.7. The van der Waals surface area contributed by atoms with E-state index in [1.54, 1.807) is 11.7 Å². The molecule has 0 spiro atoms. The molecular weight excluding hydrogens is 619 g/mol. The number of carbonyl (C=O) groups is 1. The summed E-state index contributed by atoms with van der Waals surface area (Å²) in [7, 11) is 2.95. The number of fused-ring (bicyclic) bond motifs is 1. The Morgan fingerprint density at radius 1 is 1.27 bits per heavy atom. The van der Waals surface area contributed by atoms with Crippen LogP contribution >= 0.6 is 49.9 Å². The first-order valence-electron chi connectivity index (χ1n) is 10.1. The molecule has 6 nitrogen and oxygen atoms in total. The van der Waals surface area contributed by atoms with Gasteiger partial charge >= 0.3 is 5.97 Å². The fourth-order valence-corrected chi connectivity index (χ4v) is 6.64. The van der Waals surface area contributed by atoms with Crippen molar-refractivity contribution in [3.05, 3.63) is 92.6 Å². The molecule has 0 fully saturated rings. The van der Waals surface area contributed by atoms with E-state index in [4.69, 9.17) is 9.47 Å². The van der Waals surface area contributed by atoms with E-state index < -0.39 is 12.0 Å². The topological polar surface area (TPSA) is 69.9 Å². The van der Waals surface area contributed by atoms with Crippen molar-refractivity contribution in [1.29, 1.82) is 0 Å². The number of rotatable bonds is 5. The zero-order valence-electron chi connectivity index (χ0n) is 18.1. The van der Waals surface area contributed by atoms with E-state index in [0.717, 1.165) is 19.2 Å². The summed E-state index contributed by atoms with van der Waals surface area (Å²) in [6.45, 7) is 1.94. The third-order valence-corrected chi connectivity index (χ3v) is 7.54. The van der Waals surface area contributed by atoms with Crippen molar-refractivity contribution in [2.24, 2.45) is 4.99 Å². The molecule has 1 aliphatic rings. The molecule has 2 heterocycles. The summed E-state index contributed by atoms with van der Waals surface area (Å²) < 4.78 is 14.6. The minimum absolute atomic E-state index is 0.221. The Morgan fingerprint density at radius 3 is 2.64 bits per heavy atom. The van der Waals surface area contributed by atoms with Gasteiger partial charge in [-0.15, -0.1) is 0 Å². The number of benzene rings is 2. The number of carbonyl (C=O) groups excluding carboxylic acids is 1. The number of nitrogens with zero attached hydrogens (tertiary/aromatic N) is 2. The Labute approximate surface area is 216 Å². The molecule has 0 bridgehead atoms. The molecule has 170 valence electrons. The summed E-state index contributed by atoms with van der Waals surface area (Å²) >= 11 is 7.01. The molecule has 0 amide bonds. The maximum Gasteiger partial charge on any atom is 0.338 e. The monoisotopic (exact) mass is 638 g/mol. The highest BCUT2D eigenvalue weighted by atomic mass is 127. The van der Waals surface area contributed by atoms with E-state index in [9.17, 15) is 9.59 Å². The van der Waals surface area contributed by atoms with E-state index in [-0.39, 0.29) is 5.56 Å². The minimum atomic E-state index is -0.614. The van der Waals surface area contributed by atoms with Crippen LogP contribution in [-0.2, 0) is 9.53 Å². The van der Waals surface area contributed by atoms with Gasteiger partial charge in [-0.3, -0.25) is 9.36 Å². The predicted octanol–water partition coefficient (Wildman–Crippen LogP) is 4.17. The summed E-state index contributed by atoms with van der Waals surface area (Å²) in [6, 6.07) is 12.7. The van der Waals surface area contributed by atoms with Crippen LogP contribution in [0.2, 0.25) is 0 Å². The Hall–Kier alpha value is -2.24. The first-order chi connectivity index (χ1) is 15.9. The van der Waals surface area contributed by atoms with Gasteiger partial charge in [0.25, 0.3) is 5.56 Å². The molecule has 1 atom stereocenters. The molecule has 0 saturated heterocycles. The van der Waals surface area contributed by atoms with Gasteiger partial charge in [0.15, 0.2) is 4.80 Å². The molecule has 9 heteroatoms. The third kappa shape index (κ3) is 4.45. The highest BCUT2D eigenvalue weighted by Crippen LogP contribution is 2.32. The van der Waals surface area contributed by atoms with E-state index in [0.29, 0.717) is 32.8 Å². The van der Waals surface area contributed by atoms with Crippen LogP contribution < -0.4 is 19.6 Å². The van der Waals surface area contributed by atoms with Crippen molar-refractivity contribution >= 4 is 61.9 Å². The number of aromatic nitrogens is 1. The van der Waals surface area contributed by atoms with Crippen LogP contribution in [0.15, 0.2) is 68.0 Å². The number of halogens is 2. The number of ether oxygens (including phenoxy) is 2. The fraction of sp³-hybridized carbons (Fsp3) is 0.208. The second kappa shape index (κ2) is 9.94. The Balaban J connectivity index is 2.03. The van der Waals surface area contributed by atoms with Crippen LogP contribution in [0, 0.1) is 3.57 Å². The average molecular weight is 639 g/mol. The lowest BCUT2D eigenvalue weighted by Gasteiger charge is -2.25. The summed E-state index contributed by atoms with van der Waals surface area (Å²) in [5, 5.41) is 0. The molecule has 2 aromatic carbocycles. The first-order valence-corrected chi connectivity index (χ1v) is 12.8. The van der Waals surface area contributed by atoms with Gasteiger partial charge in [-0.25, -0.2) is 9.79 Å². The molecule has 33 heavy (non-hydrogen) atoms. The van der Waals surface area contributed by atoms with Crippen molar-refractivity contribution in [3.63, 3.8) is 0 Å². The number of esters is 1. The smallest absolute Gasteiger partial charge is 0.338 e. The number of hydrogen-bond donors (Lipinski definition) is 0. The maximum atomic E-state index is 13.7. The van der Waals surface area contributed by atoms with Gasteiger partial charge in [0.05, 0.1) is 39.6 Å². The molecule has 1 aromatic heterocycles. The molecular formula is C24H20BrIN2O4S. The molecule has 1 aliphatic heterocycles. The number of hydrogen-bond acceptors (Lipinski definition) is 6. The molecule has 3 aromatic rings.